The number of pyridine rings is 1. The van der Waals surface area contributed by atoms with Gasteiger partial charge in [0.1, 0.15) is 5.15 Å². The molecule has 0 fully saturated rings. The van der Waals surface area contributed by atoms with Gasteiger partial charge in [-0.05, 0) is 11.6 Å². The van der Waals surface area contributed by atoms with Crippen LogP contribution in [0.2, 0.25) is 5.15 Å². The van der Waals surface area contributed by atoms with Crippen LogP contribution in [0.15, 0.2) is 18.3 Å². The molecule has 0 aromatic carbocycles. The summed E-state index contributed by atoms with van der Waals surface area (Å²) in [5.74, 6) is -2.29. The van der Waals surface area contributed by atoms with E-state index in [0.29, 0.717) is 10.7 Å². The number of aliphatic carboxylic acids is 1. The lowest BCUT2D eigenvalue weighted by atomic mass is 10.1. The minimum atomic E-state index is -1.44. The third-order valence-electron chi connectivity index (χ3n) is 1.39. The number of Topliss-reactive ketones (excluding diaryl/α,β-unsaturated/α-hetero) is 1. The van der Waals surface area contributed by atoms with Crippen molar-refractivity contribution in [2.45, 2.75) is 6.42 Å². The highest BCUT2D eigenvalue weighted by molar-refractivity contribution is 6.33. The Hall–Kier alpha value is -1.42. The summed E-state index contributed by atoms with van der Waals surface area (Å²) in [6, 6.07) is 3.07. The van der Waals surface area contributed by atoms with Gasteiger partial charge >= 0.3 is 5.97 Å². The lowest BCUT2D eigenvalue weighted by Crippen LogP contribution is -2.15. The van der Waals surface area contributed by atoms with E-state index in [0.717, 1.165) is 0 Å². The van der Waals surface area contributed by atoms with Gasteiger partial charge in [-0.2, -0.15) is 0 Å². The molecule has 0 radical (unpaired) electrons. The van der Waals surface area contributed by atoms with Gasteiger partial charge < -0.3 is 5.11 Å². The maximum Gasteiger partial charge on any atom is 0.372 e. The van der Waals surface area contributed by atoms with Gasteiger partial charge in [0, 0.05) is 12.6 Å². The van der Waals surface area contributed by atoms with E-state index in [4.69, 9.17) is 16.7 Å². The summed E-state index contributed by atoms with van der Waals surface area (Å²) >= 11 is 5.50. The summed E-state index contributed by atoms with van der Waals surface area (Å²) in [4.78, 5) is 24.6. The SMILES string of the molecule is O=C(O)C(=O)Cc1ccc(Cl)nc1. The van der Waals surface area contributed by atoms with Crippen molar-refractivity contribution in [2.75, 3.05) is 0 Å². The number of hydrogen-bond acceptors (Lipinski definition) is 3. The fraction of sp³-hybridized carbons (Fsp3) is 0.125. The number of nitrogens with zero attached hydrogens (tertiary/aromatic N) is 1. The molecular weight excluding hydrogens is 194 g/mol. The Kier molecular flexibility index (Phi) is 2.97. The third-order valence-corrected chi connectivity index (χ3v) is 1.62. The minimum Gasteiger partial charge on any atom is -0.475 e. The van der Waals surface area contributed by atoms with Crippen LogP contribution in [-0.4, -0.2) is 21.8 Å². The summed E-state index contributed by atoms with van der Waals surface area (Å²) in [7, 11) is 0. The summed E-state index contributed by atoms with van der Waals surface area (Å²) in [5, 5.41) is 8.61. The molecule has 0 spiro atoms. The quantitative estimate of drug-likeness (QED) is 0.581. The molecule has 0 aliphatic heterocycles. The highest BCUT2D eigenvalue weighted by Crippen LogP contribution is 2.05. The topological polar surface area (TPSA) is 67.3 Å². The number of aromatic nitrogens is 1. The molecular formula is C8H6ClNO3. The molecule has 1 rings (SSSR count). The molecule has 0 atom stereocenters. The molecule has 1 aromatic heterocycles. The van der Waals surface area contributed by atoms with Gasteiger partial charge in [0.15, 0.2) is 0 Å². The van der Waals surface area contributed by atoms with E-state index in [9.17, 15) is 9.59 Å². The van der Waals surface area contributed by atoms with Crippen molar-refractivity contribution in [1.29, 1.82) is 0 Å². The summed E-state index contributed by atoms with van der Waals surface area (Å²) in [5.41, 5.74) is 0.539. The van der Waals surface area contributed by atoms with E-state index < -0.39 is 11.8 Å². The van der Waals surface area contributed by atoms with Crippen molar-refractivity contribution in [3.63, 3.8) is 0 Å². The van der Waals surface area contributed by atoms with Gasteiger partial charge in [-0.15, -0.1) is 0 Å². The summed E-state index contributed by atoms with van der Waals surface area (Å²) in [6.07, 6.45) is 1.22. The van der Waals surface area contributed by atoms with Crippen LogP contribution in [0.3, 0.4) is 0 Å². The lowest BCUT2D eigenvalue weighted by molar-refractivity contribution is -0.148. The Balaban J connectivity index is 2.70. The van der Waals surface area contributed by atoms with Crippen LogP contribution >= 0.6 is 11.6 Å². The van der Waals surface area contributed by atoms with Crippen molar-refractivity contribution in [2.24, 2.45) is 0 Å². The van der Waals surface area contributed by atoms with Crippen LogP contribution in [0.4, 0.5) is 0 Å². The zero-order chi connectivity index (χ0) is 9.84. The van der Waals surface area contributed by atoms with Crippen molar-refractivity contribution in [3.05, 3.63) is 29.0 Å². The van der Waals surface area contributed by atoms with Crippen LogP contribution in [0.5, 0.6) is 0 Å². The maximum atomic E-state index is 10.7. The molecule has 0 saturated carbocycles. The van der Waals surface area contributed by atoms with E-state index in [-0.39, 0.29) is 6.42 Å². The molecule has 0 unspecified atom stereocenters. The van der Waals surface area contributed by atoms with E-state index in [1.54, 1.807) is 6.07 Å². The molecule has 1 aromatic rings. The van der Waals surface area contributed by atoms with Gasteiger partial charge in [-0.25, -0.2) is 9.78 Å². The van der Waals surface area contributed by atoms with E-state index in [1.165, 1.54) is 12.3 Å². The fourth-order valence-electron chi connectivity index (χ4n) is 0.772. The smallest absolute Gasteiger partial charge is 0.372 e. The monoisotopic (exact) mass is 199 g/mol. The Bertz CT molecular complexity index is 334. The number of rotatable bonds is 3. The first-order chi connectivity index (χ1) is 6.09. The van der Waals surface area contributed by atoms with Crippen molar-refractivity contribution < 1.29 is 14.7 Å². The lowest BCUT2D eigenvalue weighted by Gasteiger charge is -1.96. The Labute approximate surface area is 79.2 Å². The highest BCUT2D eigenvalue weighted by Gasteiger charge is 2.11. The highest BCUT2D eigenvalue weighted by atomic mass is 35.5. The van der Waals surface area contributed by atoms with Gasteiger partial charge in [-0.3, -0.25) is 4.79 Å². The second-order valence-electron chi connectivity index (χ2n) is 2.39. The molecule has 0 aliphatic rings. The Morgan fingerprint density at radius 3 is 2.62 bits per heavy atom. The average molecular weight is 200 g/mol. The van der Waals surface area contributed by atoms with Crippen molar-refractivity contribution >= 4 is 23.4 Å². The zero-order valence-corrected chi connectivity index (χ0v) is 7.28. The predicted octanol–water partition coefficient (Wildman–Crippen LogP) is 0.931. The fourth-order valence-corrected chi connectivity index (χ4v) is 0.884. The average Bonchev–Trinajstić information content (AvgIpc) is 2.08. The number of halogens is 1. The Morgan fingerprint density at radius 2 is 2.15 bits per heavy atom. The summed E-state index contributed by atoms with van der Waals surface area (Å²) < 4.78 is 0. The van der Waals surface area contributed by atoms with Crippen molar-refractivity contribution in [1.82, 2.24) is 4.98 Å². The molecule has 68 valence electrons. The van der Waals surface area contributed by atoms with Crippen LogP contribution in [0.1, 0.15) is 5.56 Å². The molecule has 0 bridgehead atoms. The Morgan fingerprint density at radius 1 is 1.46 bits per heavy atom. The van der Waals surface area contributed by atoms with Gasteiger partial charge in [-0.1, -0.05) is 17.7 Å². The number of carbonyl (C=O) groups excluding carboxylic acids is 1. The molecule has 4 nitrogen and oxygen atoms in total. The van der Waals surface area contributed by atoms with Gasteiger partial charge in [0.05, 0.1) is 0 Å². The largest absolute Gasteiger partial charge is 0.475 e. The minimum absolute atomic E-state index is 0.153. The van der Waals surface area contributed by atoms with Crippen LogP contribution in [-0.2, 0) is 16.0 Å². The molecule has 0 amide bonds. The van der Waals surface area contributed by atoms with E-state index >= 15 is 0 Å². The first kappa shape index (κ1) is 9.67. The van der Waals surface area contributed by atoms with Crippen LogP contribution in [0.25, 0.3) is 0 Å². The molecule has 1 heterocycles. The molecule has 0 aliphatic carbocycles. The number of carbonyl (C=O) groups is 2. The second kappa shape index (κ2) is 4.00. The number of ketones is 1. The van der Waals surface area contributed by atoms with E-state index in [2.05, 4.69) is 4.98 Å². The number of hydrogen-bond donors (Lipinski definition) is 1. The van der Waals surface area contributed by atoms with Crippen LogP contribution < -0.4 is 0 Å². The first-order valence-corrected chi connectivity index (χ1v) is 3.84. The first-order valence-electron chi connectivity index (χ1n) is 3.46. The maximum absolute atomic E-state index is 10.7. The molecule has 1 N–H and O–H groups in total. The van der Waals surface area contributed by atoms with Gasteiger partial charge in [0.2, 0.25) is 5.78 Å². The standard InChI is InChI=1S/C8H6ClNO3/c9-7-2-1-5(4-10-7)3-6(11)8(12)13/h1-2,4H,3H2,(H,12,13). The predicted molar refractivity (Wildman–Crippen MR) is 45.6 cm³/mol. The van der Waals surface area contributed by atoms with Crippen molar-refractivity contribution in [3.8, 4) is 0 Å². The zero-order valence-electron chi connectivity index (χ0n) is 6.53. The summed E-state index contributed by atoms with van der Waals surface area (Å²) in [6.45, 7) is 0. The van der Waals surface area contributed by atoms with Gasteiger partial charge in [0.25, 0.3) is 0 Å². The number of carboxylic acids is 1. The molecule has 13 heavy (non-hydrogen) atoms. The normalized spacial score (nSPS) is 9.62. The van der Waals surface area contributed by atoms with E-state index in [1.807, 2.05) is 0 Å². The number of carboxylic acid groups (broad SMARTS) is 1. The molecule has 5 heteroatoms. The van der Waals surface area contributed by atoms with Crippen LogP contribution in [0, 0.1) is 0 Å². The third kappa shape index (κ3) is 2.83. The molecule has 0 saturated heterocycles. The second-order valence-corrected chi connectivity index (χ2v) is 2.78.